The molecule has 2 N–H and O–H groups in total. The van der Waals surface area contributed by atoms with E-state index in [1.807, 2.05) is 0 Å². The zero-order valence-electron chi connectivity index (χ0n) is 10.3. The number of nitrogens with zero attached hydrogens (tertiary/aromatic N) is 1. The molecule has 2 nitrogen and oxygen atoms in total. The maximum Gasteiger partial charge on any atom is 0.00964 e. The molecule has 0 bridgehead atoms. The summed E-state index contributed by atoms with van der Waals surface area (Å²) in [7, 11) is 0. The van der Waals surface area contributed by atoms with Crippen LogP contribution in [0.2, 0.25) is 0 Å². The highest BCUT2D eigenvalue weighted by atomic mass is 15.1. The molecule has 0 saturated heterocycles. The molecule has 0 atom stereocenters. The molecule has 0 spiro atoms. The molecule has 0 aromatic rings. The molecule has 0 aromatic carbocycles. The maximum atomic E-state index is 5.93. The fourth-order valence-electron chi connectivity index (χ4n) is 2.40. The van der Waals surface area contributed by atoms with E-state index in [-0.39, 0.29) is 0 Å². The third-order valence-corrected chi connectivity index (χ3v) is 3.49. The van der Waals surface area contributed by atoms with E-state index in [1.54, 1.807) is 0 Å². The topological polar surface area (TPSA) is 29.3 Å². The summed E-state index contributed by atoms with van der Waals surface area (Å²) < 4.78 is 0. The Hall–Kier alpha value is -0.340. The van der Waals surface area contributed by atoms with Gasteiger partial charge >= 0.3 is 0 Å². The Labute approximate surface area is 94.5 Å². The Morgan fingerprint density at radius 2 is 1.93 bits per heavy atom. The molecule has 1 aliphatic rings. The second-order valence-corrected chi connectivity index (χ2v) is 4.90. The second kappa shape index (κ2) is 6.29. The van der Waals surface area contributed by atoms with Crippen molar-refractivity contribution in [3.63, 3.8) is 0 Å². The van der Waals surface area contributed by atoms with Crippen molar-refractivity contribution in [2.75, 3.05) is 13.1 Å². The summed E-state index contributed by atoms with van der Waals surface area (Å²) in [4.78, 5) is 2.60. The Bertz CT molecular complexity index is 193. The minimum Gasteiger partial charge on any atom is -0.328 e. The summed E-state index contributed by atoms with van der Waals surface area (Å²) in [6.45, 7) is 10.7. The third-order valence-electron chi connectivity index (χ3n) is 3.49. The lowest BCUT2D eigenvalue weighted by molar-refractivity contribution is 0.158. The Balaban J connectivity index is 2.34. The minimum absolute atomic E-state index is 0.459. The van der Waals surface area contributed by atoms with E-state index in [1.165, 1.54) is 37.8 Å². The summed E-state index contributed by atoms with van der Waals surface area (Å²) in [5, 5.41) is 0. The van der Waals surface area contributed by atoms with Gasteiger partial charge in [0.2, 0.25) is 0 Å². The van der Waals surface area contributed by atoms with Crippen LogP contribution in [0.4, 0.5) is 0 Å². The molecule has 1 aliphatic carbocycles. The zero-order valence-corrected chi connectivity index (χ0v) is 10.3. The van der Waals surface area contributed by atoms with E-state index in [4.69, 9.17) is 5.73 Å². The smallest absolute Gasteiger partial charge is 0.00964 e. The number of hydrogen-bond acceptors (Lipinski definition) is 2. The number of hydrogen-bond donors (Lipinski definition) is 1. The molecule has 0 unspecified atom stereocenters. The monoisotopic (exact) mass is 210 g/mol. The van der Waals surface area contributed by atoms with E-state index in [9.17, 15) is 0 Å². The van der Waals surface area contributed by atoms with Crippen molar-refractivity contribution in [3.05, 3.63) is 12.2 Å². The molecule has 0 heterocycles. The molecule has 0 aromatic heterocycles. The summed E-state index contributed by atoms with van der Waals surface area (Å²) in [5.41, 5.74) is 7.22. The van der Waals surface area contributed by atoms with Crippen LogP contribution in [0.15, 0.2) is 12.2 Å². The molecule has 1 fully saturated rings. The van der Waals surface area contributed by atoms with Crippen LogP contribution in [-0.2, 0) is 0 Å². The van der Waals surface area contributed by atoms with Crippen LogP contribution in [0.5, 0.6) is 0 Å². The van der Waals surface area contributed by atoms with Crippen molar-refractivity contribution < 1.29 is 0 Å². The van der Waals surface area contributed by atoms with Crippen molar-refractivity contribution >= 4 is 0 Å². The highest BCUT2D eigenvalue weighted by Gasteiger charge is 2.22. The van der Waals surface area contributed by atoms with Gasteiger partial charge in [-0.05, 0) is 45.6 Å². The summed E-state index contributed by atoms with van der Waals surface area (Å²) in [6, 6.07) is 1.23. The third kappa shape index (κ3) is 4.35. The van der Waals surface area contributed by atoms with Crippen molar-refractivity contribution in [1.82, 2.24) is 4.90 Å². The summed E-state index contributed by atoms with van der Waals surface area (Å²) in [6.07, 6.45) is 6.11. The van der Waals surface area contributed by atoms with Gasteiger partial charge in [0.05, 0.1) is 0 Å². The van der Waals surface area contributed by atoms with E-state index in [2.05, 4.69) is 25.3 Å². The van der Waals surface area contributed by atoms with Crippen LogP contribution >= 0.6 is 0 Å². The van der Waals surface area contributed by atoms with Crippen LogP contribution in [0.3, 0.4) is 0 Å². The first-order valence-corrected chi connectivity index (χ1v) is 6.27. The van der Waals surface area contributed by atoms with Crippen LogP contribution in [0, 0.1) is 0 Å². The Morgan fingerprint density at radius 1 is 1.33 bits per heavy atom. The first-order chi connectivity index (χ1) is 7.13. The van der Waals surface area contributed by atoms with Gasteiger partial charge in [-0.3, -0.25) is 0 Å². The van der Waals surface area contributed by atoms with Crippen molar-refractivity contribution in [2.45, 2.75) is 58.0 Å². The van der Waals surface area contributed by atoms with Gasteiger partial charge in [0.15, 0.2) is 0 Å². The zero-order chi connectivity index (χ0) is 11.3. The minimum atomic E-state index is 0.459. The quantitative estimate of drug-likeness (QED) is 0.707. The van der Waals surface area contributed by atoms with E-state index >= 15 is 0 Å². The first kappa shape index (κ1) is 12.7. The van der Waals surface area contributed by atoms with Gasteiger partial charge in [-0.15, -0.1) is 6.58 Å². The predicted octanol–water partition coefficient (Wildman–Crippen LogP) is 2.54. The molecule has 1 rings (SSSR count). The van der Waals surface area contributed by atoms with Crippen LogP contribution in [-0.4, -0.2) is 30.1 Å². The Kier molecular flexibility index (Phi) is 5.34. The summed E-state index contributed by atoms with van der Waals surface area (Å²) >= 11 is 0. The van der Waals surface area contributed by atoms with Crippen molar-refractivity contribution in [2.24, 2.45) is 5.73 Å². The lowest BCUT2D eigenvalue weighted by Crippen LogP contribution is -2.41. The molecule has 15 heavy (non-hydrogen) atoms. The standard InChI is InChI=1S/C13H26N2/c1-4-15(10-9-11(2)3)13-7-5-12(14)6-8-13/h12-13H,2,4-10,14H2,1,3H3. The molecular weight excluding hydrogens is 184 g/mol. The lowest BCUT2D eigenvalue weighted by Gasteiger charge is -2.35. The second-order valence-electron chi connectivity index (χ2n) is 4.90. The van der Waals surface area contributed by atoms with Gasteiger partial charge in [0.25, 0.3) is 0 Å². The number of nitrogens with two attached hydrogens (primary N) is 1. The average Bonchev–Trinajstić information content (AvgIpc) is 2.21. The van der Waals surface area contributed by atoms with E-state index in [0.29, 0.717) is 6.04 Å². The summed E-state index contributed by atoms with van der Waals surface area (Å²) in [5.74, 6) is 0. The lowest BCUT2D eigenvalue weighted by atomic mass is 9.90. The molecule has 0 aliphatic heterocycles. The molecule has 1 saturated carbocycles. The molecular formula is C13H26N2. The van der Waals surface area contributed by atoms with Crippen molar-refractivity contribution in [1.29, 1.82) is 0 Å². The van der Waals surface area contributed by atoms with Gasteiger partial charge < -0.3 is 10.6 Å². The van der Waals surface area contributed by atoms with E-state index < -0.39 is 0 Å². The molecule has 2 heteroatoms. The average molecular weight is 210 g/mol. The van der Waals surface area contributed by atoms with Crippen molar-refractivity contribution in [3.8, 4) is 0 Å². The SMILES string of the molecule is C=C(C)CCN(CC)C1CCC(N)CC1. The van der Waals surface area contributed by atoms with Crippen LogP contribution in [0.1, 0.15) is 46.0 Å². The van der Waals surface area contributed by atoms with Gasteiger partial charge in [0.1, 0.15) is 0 Å². The highest BCUT2D eigenvalue weighted by Crippen LogP contribution is 2.22. The first-order valence-electron chi connectivity index (χ1n) is 6.27. The molecule has 88 valence electrons. The van der Waals surface area contributed by atoms with Gasteiger partial charge in [-0.1, -0.05) is 12.5 Å². The van der Waals surface area contributed by atoms with Gasteiger partial charge in [-0.25, -0.2) is 0 Å². The number of rotatable bonds is 5. The van der Waals surface area contributed by atoms with Gasteiger partial charge in [-0.2, -0.15) is 0 Å². The van der Waals surface area contributed by atoms with Crippen LogP contribution in [0.25, 0.3) is 0 Å². The van der Waals surface area contributed by atoms with Gasteiger partial charge in [0, 0.05) is 18.6 Å². The molecule has 0 amide bonds. The normalized spacial score (nSPS) is 26.9. The fourth-order valence-corrected chi connectivity index (χ4v) is 2.40. The maximum absolute atomic E-state index is 5.93. The largest absolute Gasteiger partial charge is 0.328 e. The Morgan fingerprint density at radius 3 is 2.40 bits per heavy atom. The fraction of sp³-hybridized carbons (Fsp3) is 0.846. The highest BCUT2D eigenvalue weighted by molar-refractivity contribution is 4.90. The predicted molar refractivity (Wildman–Crippen MR) is 66.9 cm³/mol. The van der Waals surface area contributed by atoms with E-state index in [0.717, 1.165) is 19.0 Å². The van der Waals surface area contributed by atoms with Crippen LogP contribution < -0.4 is 5.73 Å². The molecule has 0 radical (unpaired) electrons.